The van der Waals surface area contributed by atoms with Gasteiger partial charge in [0.2, 0.25) is 0 Å². The van der Waals surface area contributed by atoms with Crippen LogP contribution in [0.5, 0.6) is 0 Å². The minimum Gasteiger partial charge on any atom is -0.365 e. The third-order valence-electron chi connectivity index (χ3n) is 3.02. The van der Waals surface area contributed by atoms with E-state index in [9.17, 15) is 4.79 Å². The molecular weight excluding hydrogens is 262 g/mol. The maximum Gasteiger partial charge on any atom is 0.252 e. The average molecular weight is 278 g/mol. The molecule has 19 heavy (non-hydrogen) atoms. The van der Waals surface area contributed by atoms with Gasteiger partial charge in [0.15, 0.2) is 0 Å². The van der Waals surface area contributed by atoms with E-state index in [1.54, 1.807) is 22.9 Å². The Balaban J connectivity index is 2.68. The molecule has 1 amide bonds. The number of halogens is 1. The first-order valence-corrected chi connectivity index (χ1v) is 6.62. The van der Waals surface area contributed by atoms with Gasteiger partial charge in [0.05, 0.1) is 22.0 Å². The van der Waals surface area contributed by atoms with E-state index >= 15 is 0 Å². The van der Waals surface area contributed by atoms with Crippen molar-refractivity contribution in [3.05, 3.63) is 46.2 Å². The quantitative estimate of drug-likeness (QED) is 0.934. The molecule has 2 aromatic rings. The van der Waals surface area contributed by atoms with Gasteiger partial charge in [-0.1, -0.05) is 31.5 Å². The SMILES string of the molecule is CCc1cc(CC)n(-c2cccc(Cl)c2C(N)=O)n1. The van der Waals surface area contributed by atoms with Crippen molar-refractivity contribution in [2.45, 2.75) is 26.7 Å². The van der Waals surface area contributed by atoms with E-state index in [-0.39, 0.29) is 0 Å². The molecule has 0 saturated carbocycles. The Morgan fingerprint density at radius 1 is 1.37 bits per heavy atom. The molecule has 0 bridgehead atoms. The van der Waals surface area contributed by atoms with Gasteiger partial charge in [-0.05, 0) is 31.0 Å². The zero-order valence-corrected chi connectivity index (χ0v) is 11.7. The van der Waals surface area contributed by atoms with Crippen molar-refractivity contribution in [3.8, 4) is 5.69 Å². The summed E-state index contributed by atoms with van der Waals surface area (Å²) in [6, 6.07) is 7.28. The molecule has 1 aromatic heterocycles. The van der Waals surface area contributed by atoms with Crippen LogP contribution in [0.3, 0.4) is 0 Å². The summed E-state index contributed by atoms with van der Waals surface area (Å²) in [5.41, 5.74) is 8.37. The molecular formula is C14H16ClN3O. The number of carbonyl (C=O) groups excluding carboxylic acids is 1. The Morgan fingerprint density at radius 3 is 2.68 bits per heavy atom. The molecule has 0 saturated heterocycles. The molecule has 0 aliphatic carbocycles. The Bertz CT molecular complexity index is 619. The van der Waals surface area contributed by atoms with Crippen molar-refractivity contribution in [2.24, 2.45) is 5.73 Å². The first-order chi connectivity index (χ1) is 9.08. The number of aryl methyl sites for hydroxylation is 2. The third-order valence-corrected chi connectivity index (χ3v) is 3.34. The van der Waals surface area contributed by atoms with Gasteiger partial charge in [-0.15, -0.1) is 0 Å². The van der Waals surface area contributed by atoms with Gasteiger partial charge in [-0.2, -0.15) is 5.10 Å². The van der Waals surface area contributed by atoms with Crippen molar-refractivity contribution in [2.75, 3.05) is 0 Å². The molecule has 5 heteroatoms. The average Bonchev–Trinajstić information content (AvgIpc) is 2.81. The molecule has 0 fully saturated rings. The number of rotatable bonds is 4. The maximum atomic E-state index is 11.6. The summed E-state index contributed by atoms with van der Waals surface area (Å²) < 4.78 is 1.75. The topological polar surface area (TPSA) is 60.9 Å². The van der Waals surface area contributed by atoms with Gasteiger partial charge < -0.3 is 5.73 Å². The Morgan fingerprint density at radius 2 is 2.11 bits per heavy atom. The fourth-order valence-electron chi connectivity index (χ4n) is 2.04. The molecule has 0 spiro atoms. The fourth-order valence-corrected chi connectivity index (χ4v) is 2.30. The molecule has 0 aliphatic rings. The Kier molecular flexibility index (Phi) is 3.90. The zero-order chi connectivity index (χ0) is 14.0. The second-order valence-corrected chi connectivity index (χ2v) is 4.65. The summed E-state index contributed by atoms with van der Waals surface area (Å²) in [6.07, 6.45) is 1.66. The van der Waals surface area contributed by atoms with Crippen molar-refractivity contribution in [3.63, 3.8) is 0 Å². The molecule has 100 valence electrons. The highest BCUT2D eigenvalue weighted by Crippen LogP contribution is 2.24. The highest BCUT2D eigenvalue weighted by atomic mass is 35.5. The lowest BCUT2D eigenvalue weighted by molar-refractivity contribution is 0.100. The third kappa shape index (κ3) is 2.49. The lowest BCUT2D eigenvalue weighted by Crippen LogP contribution is -2.16. The van der Waals surface area contributed by atoms with Crippen LogP contribution in [0.4, 0.5) is 0 Å². The van der Waals surface area contributed by atoms with Crippen LogP contribution in [0.25, 0.3) is 5.69 Å². The summed E-state index contributed by atoms with van der Waals surface area (Å²) in [6.45, 7) is 4.08. The maximum absolute atomic E-state index is 11.6. The lowest BCUT2D eigenvalue weighted by atomic mass is 10.1. The standard InChI is InChI=1S/C14H16ClN3O/c1-3-9-8-10(4-2)18(17-9)12-7-5-6-11(15)13(12)14(16)19/h5-8H,3-4H2,1-2H3,(H2,16,19). The van der Waals surface area contributed by atoms with Gasteiger partial charge in [0.1, 0.15) is 0 Å². The second kappa shape index (κ2) is 5.45. The summed E-state index contributed by atoms with van der Waals surface area (Å²) in [4.78, 5) is 11.6. The number of benzene rings is 1. The lowest BCUT2D eigenvalue weighted by Gasteiger charge is -2.11. The molecule has 0 unspecified atom stereocenters. The number of hydrogen-bond donors (Lipinski definition) is 1. The molecule has 0 aliphatic heterocycles. The summed E-state index contributed by atoms with van der Waals surface area (Å²) >= 11 is 6.07. The fraction of sp³-hybridized carbons (Fsp3) is 0.286. The largest absolute Gasteiger partial charge is 0.365 e. The van der Waals surface area contributed by atoms with Crippen molar-refractivity contribution in [1.82, 2.24) is 9.78 Å². The normalized spacial score (nSPS) is 10.7. The monoisotopic (exact) mass is 277 g/mol. The molecule has 1 aromatic carbocycles. The second-order valence-electron chi connectivity index (χ2n) is 4.24. The molecule has 0 atom stereocenters. The summed E-state index contributed by atoms with van der Waals surface area (Å²) in [5, 5.41) is 4.85. The number of aromatic nitrogens is 2. The number of hydrogen-bond acceptors (Lipinski definition) is 2. The van der Waals surface area contributed by atoms with Gasteiger partial charge in [0, 0.05) is 5.69 Å². The number of amides is 1. The zero-order valence-electron chi connectivity index (χ0n) is 11.0. The highest BCUT2D eigenvalue weighted by Gasteiger charge is 2.17. The molecule has 2 N–H and O–H groups in total. The van der Waals surface area contributed by atoms with E-state index in [2.05, 4.69) is 5.10 Å². The minimum atomic E-state index is -0.545. The molecule has 4 nitrogen and oxygen atoms in total. The van der Waals surface area contributed by atoms with Crippen LogP contribution in [0.15, 0.2) is 24.3 Å². The Labute approximate surface area is 117 Å². The molecule has 2 rings (SSSR count). The first kappa shape index (κ1) is 13.6. The minimum absolute atomic E-state index is 0.310. The van der Waals surface area contributed by atoms with Gasteiger partial charge >= 0.3 is 0 Å². The van der Waals surface area contributed by atoms with Crippen LogP contribution in [-0.4, -0.2) is 15.7 Å². The van der Waals surface area contributed by atoms with Gasteiger partial charge in [-0.3, -0.25) is 4.79 Å². The van der Waals surface area contributed by atoms with Crippen molar-refractivity contribution < 1.29 is 4.79 Å². The van der Waals surface area contributed by atoms with Crippen molar-refractivity contribution in [1.29, 1.82) is 0 Å². The van der Waals surface area contributed by atoms with E-state index in [0.717, 1.165) is 24.2 Å². The van der Waals surface area contributed by atoms with Crippen LogP contribution in [0.2, 0.25) is 5.02 Å². The Hall–Kier alpha value is -1.81. The summed E-state index contributed by atoms with van der Waals surface area (Å²) in [7, 11) is 0. The smallest absolute Gasteiger partial charge is 0.252 e. The predicted octanol–water partition coefficient (Wildman–Crippen LogP) is 2.75. The van der Waals surface area contributed by atoms with E-state index < -0.39 is 5.91 Å². The number of carbonyl (C=O) groups is 1. The van der Waals surface area contributed by atoms with Crippen LogP contribution in [0, 0.1) is 0 Å². The number of nitrogens with two attached hydrogens (primary N) is 1. The van der Waals surface area contributed by atoms with Crippen molar-refractivity contribution >= 4 is 17.5 Å². The van der Waals surface area contributed by atoms with Crippen LogP contribution in [-0.2, 0) is 12.8 Å². The first-order valence-electron chi connectivity index (χ1n) is 6.25. The summed E-state index contributed by atoms with van der Waals surface area (Å²) in [5.74, 6) is -0.545. The highest BCUT2D eigenvalue weighted by molar-refractivity contribution is 6.34. The van der Waals surface area contributed by atoms with Gasteiger partial charge in [0.25, 0.3) is 5.91 Å². The van der Waals surface area contributed by atoms with E-state index in [0.29, 0.717) is 16.3 Å². The van der Waals surface area contributed by atoms with Crippen LogP contribution >= 0.6 is 11.6 Å². The number of primary amides is 1. The van der Waals surface area contributed by atoms with E-state index in [1.807, 2.05) is 19.9 Å². The number of nitrogens with zero attached hydrogens (tertiary/aromatic N) is 2. The van der Waals surface area contributed by atoms with Gasteiger partial charge in [-0.25, -0.2) is 4.68 Å². The van der Waals surface area contributed by atoms with E-state index in [4.69, 9.17) is 17.3 Å². The predicted molar refractivity (Wildman–Crippen MR) is 75.8 cm³/mol. The molecule has 0 radical (unpaired) electrons. The van der Waals surface area contributed by atoms with Crippen LogP contribution in [0.1, 0.15) is 35.6 Å². The molecule has 1 heterocycles. The van der Waals surface area contributed by atoms with Crippen LogP contribution < -0.4 is 5.73 Å². The van der Waals surface area contributed by atoms with E-state index in [1.165, 1.54) is 0 Å².